The van der Waals surface area contributed by atoms with E-state index < -0.39 is 12.1 Å². The van der Waals surface area contributed by atoms with Gasteiger partial charge >= 0.3 is 12.1 Å². The van der Waals surface area contributed by atoms with Gasteiger partial charge in [-0.1, -0.05) is 36.9 Å². The summed E-state index contributed by atoms with van der Waals surface area (Å²) < 4.78 is 9.68. The lowest BCUT2D eigenvalue weighted by Crippen LogP contribution is -2.10. The van der Waals surface area contributed by atoms with Crippen molar-refractivity contribution in [3.63, 3.8) is 0 Å². The standard InChI is InChI=1S/C17H14O5/c1-2-11-21-17(20)22-15-9-7-13(8-10-15)12-3-5-14(6-4-12)16(18)19/h2-10H,1,11H2,(H,18,19). The Morgan fingerprint density at radius 3 is 2.05 bits per heavy atom. The molecule has 2 aromatic rings. The van der Waals surface area contributed by atoms with Crippen molar-refractivity contribution in [2.45, 2.75) is 0 Å². The number of carbonyl (C=O) groups is 2. The predicted octanol–water partition coefficient (Wildman–Crippen LogP) is 3.75. The fraction of sp³-hybridized carbons (Fsp3) is 0.0588. The molecule has 0 aliphatic carbocycles. The number of benzene rings is 2. The van der Waals surface area contributed by atoms with Gasteiger partial charge in [-0.2, -0.15) is 0 Å². The number of carboxylic acids is 1. The number of carbonyl (C=O) groups excluding carboxylic acids is 1. The molecule has 112 valence electrons. The summed E-state index contributed by atoms with van der Waals surface area (Å²) in [6.45, 7) is 3.52. The Labute approximate surface area is 127 Å². The third-order valence-corrected chi connectivity index (χ3v) is 2.84. The highest BCUT2D eigenvalue weighted by atomic mass is 16.7. The van der Waals surface area contributed by atoms with Crippen LogP contribution in [-0.2, 0) is 4.74 Å². The van der Waals surface area contributed by atoms with E-state index in [1.54, 1.807) is 36.4 Å². The summed E-state index contributed by atoms with van der Waals surface area (Å²) in [6.07, 6.45) is 0.656. The molecule has 0 atom stereocenters. The van der Waals surface area contributed by atoms with Crippen LogP contribution in [0.5, 0.6) is 5.75 Å². The van der Waals surface area contributed by atoms with Gasteiger partial charge < -0.3 is 14.6 Å². The number of aromatic carboxylic acids is 1. The highest BCUT2D eigenvalue weighted by Gasteiger charge is 2.06. The van der Waals surface area contributed by atoms with E-state index in [0.29, 0.717) is 5.75 Å². The van der Waals surface area contributed by atoms with Crippen LogP contribution in [0.25, 0.3) is 11.1 Å². The molecule has 0 fully saturated rings. The third-order valence-electron chi connectivity index (χ3n) is 2.84. The van der Waals surface area contributed by atoms with E-state index in [1.807, 2.05) is 0 Å². The minimum absolute atomic E-state index is 0.0901. The molecule has 0 aliphatic rings. The molecule has 5 nitrogen and oxygen atoms in total. The Hall–Kier alpha value is -3.08. The lowest BCUT2D eigenvalue weighted by molar-refractivity contribution is 0.0696. The summed E-state index contributed by atoms with van der Waals surface area (Å²) in [5.74, 6) is -0.603. The first-order valence-corrected chi connectivity index (χ1v) is 6.49. The molecule has 2 rings (SSSR count). The van der Waals surface area contributed by atoms with E-state index in [4.69, 9.17) is 14.6 Å². The molecule has 22 heavy (non-hydrogen) atoms. The Morgan fingerprint density at radius 1 is 1.00 bits per heavy atom. The van der Waals surface area contributed by atoms with Crippen LogP contribution in [0.15, 0.2) is 61.2 Å². The van der Waals surface area contributed by atoms with Crippen molar-refractivity contribution in [2.75, 3.05) is 6.61 Å². The number of rotatable bonds is 5. The number of carboxylic acid groups (broad SMARTS) is 1. The second kappa shape index (κ2) is 7.08. The molecule has 0 heterocycles. The van der Waals surface area contributed by atoms with Crippen LogP contribution in [-0.4, -0.2) is 23.8 Å². The zero-order valence-corrected chi connectivity index (χ0v) is 11.7. The van der Waals surface area contributed by atoms with Crippen LogP contribution in [0.1, 0.15) is 10.4 Å². The number of hydrogen-bond donors (Lipinski definition) is 1. The van der Waals surface area contributed by atoms with E-state index in [-0.39, 0.29) is 12.2 Å². The van der Waals surface area contributed by atoms with Crippen molar-refractivity contribution in [1.82, 2.24) is 0 Å². The van der Waals surface area contributed by atoms with Crippen molar-refractivity contribution in [3.05, 3.63) is 66.7 Å². The summed E-state index contributed by atoms with van der Waals surface area (Å²) in [5, 5.41) is 8.86. The average Bonchev–Trinajstić information content (AvgIpc) is 2.54. The Balaban J connectivity index is 2.06. The highest BCUT2D eigenvalue weighted by molar-refractivity contribution is 5.88. The molecular weight excluding hydrogens is 284 g/mol. The van der Waals surface area contributed by atoms with Crippen molar-refractivity contribution in [1.29, 1.82) is 0 Å². The van der Waals surface area contributed by atoms with Crippen molar-refractivity contribution in [2.24, 2.45) is 0 Å². The molecule has 0 amide bonds. The average molecular weight is 298 g/mol. The Morgan fingerprint density at radius 2 is 1.55 bits per heavy atom. The maximum Gasteiger partial charge on any atom is 0.514 e. The Kier molecular flexibility index (Phi) is 4.93. The molecule has 0 saturated heterocycles. The van der Waals surface area contributed by atoms with Gasteiger partial charge in [-0.3, -0.25) is 0 Å². The second-order valence-corrected chi connectivity index (χ2v) is 4.36. The Bertz CT molecular complexity index is 671. The summed E-state index contributed by atoms with van der Waals surface area (Å²) in [6, 6.07) is 13.3. The van der Waals surface area contributed by atoms with Gasteiger partial charge in [-0.05, 0) is 35.4 Å². The number of ether oxygens (including phenoxy) is 2. The molecule has 1 N–H and O–H groups in total. The zero-order chi connectivity index (χ0) is 15.9. The van der Waals surface area contributed by atoms with Gasteiger partial charge in [0.15, 0.2) is 0 Å². The maximum absolute atomic E-state index is 11.3. The lowest BCUT2D eigenvalue weighted by atomic mass is 10.0. The molecule has 2 aromatic carbocycles. The third kappa shape index (κ3) is 3.96. The van der Waals surface area contributed by atoms with Crippen LogP contribution in [0.2, 0.25) is 0 Å². The van der Waals surface area contributed by atoms with Crippen molar-refractivity contribution in [3.8, 4) is 16.9 Å². The number of hydrogen-bond acceptors (Lipinski definition) is 4. The summed E-state index contributed by atoms with van der Waals surface area (Å²) in [4.78, 5) is 22.1. The molecular formula is C17H14O5. The summed E-state index contributed by atoms with van der Waals surface area (Å²) in [5.41, 5.74) is 1.98. The van der Waals surface area contributed by atoms with Gasteiger partial charge in [-0.15, -0.1) is 0 Å². The molecule has 0 bridgehead atoms. The minimum Gasteiger partial charge on any atom is -0.478 e. The fourth-order valence-electron chi connectivity index (χ4n) is 1.77. The van der Waals surface area contributed by atoms with Crippen LogP contribution in [0, 0.1) is 0 Å². The predicted molar refractivity (Wildman–Crippen MR) is 81.0 cm³/mol. The van der Waals surface area contributed by atoms with E-state index in [0.717, 1.165) is 11.1 Å². The maximum atomic E-state index is 11.3. The van der Waals surface area contributed by atoms with E-state index >= 15 is 0 Å². The van der Waals surface area contributed by atoms with Crippen LogP contribution in [0.4, 0.5) is 4.79 Å². The molecule has 0 unspecified atom stereocenters. The normalized spacial score (nSPS) is 9.82. The minimum atomic E-state index is -0.965. The highest BCUT2D eigenvalue weighted by Crippen LogP contribution is 2.23. The smallest absolute Gasteiger partial charge is 0.478 e. The van der Waals surface area contributed by atoms with E-state index in [9.17, 15) is 9.59 Å². The molecule has 0 saturated carbocycles. The quantitative estimate of drug-likeness (QED) is 0.517. The monoisotopic (exact) mass is 298 g/mol. The topological polar surface area (TPSA) is 72.8 Å². The molecule has 0 aliphatic heterocycles. The first-order valence-electron chi connectivity index (χ1n) is 6.49. The fourth-order valence-corrected chi connectivity index (χ4v) is 1.77. The van der Waals surface area contributed by atoms with Gasteiger partial charge in [-0.25, -0.2) is 9.59 Å². The van der Waals surface area contributed by atoms with Gasteiger partial charge in [0.25, 0.3) is 0 Å². The van der Waals surface area contributed by atoms with Crippen molar-refractivity contribution < 1.29 is 24.2 Å². The van der Waals surface area contributed by atoms with Gasteiger partial charge in [0.1, 0.15) is 12.4 Å². The first-order chi connectivity index (χ1) is 10.6. The van der Waals surface area contributed by atoms with Gasteiger partial charge in [0.05, 0.1) is 5.56 Å². The molecule has 5 heteroatoms. The van der Waals surface area contributed by atoms with Gasteiger partial charge in [0, 0.05) is 0 Å². The second-order valence-electron chi connectivity index (χ2n) is 4.36. The molecule has 0 aromatic heterocycles. The largest absolute Gasteiger partial charge is 0.514 e. The first kappa shape index (κ1) is 15.3. The lowest BCUT2D eigenvalue weighted by Gasteiger charge is -2.06. The van der Waals surface area contributed by atoms with Gasteiger partial charge in [0.2, 0.25) is 0 Å². The van der Waals surface area contributed by atoms with Crippen LogP contribution >= 0.6 is 0 Å². The van der Waals surface area contributed by atoms with Crippen LogP contribution < -0.4 is 4.74 Å². The van der Waals surface area contributed by atoms with Crippen molar-refractivity contribution >= 4 is 12.1 Å². The molecule has 0 radical (unpaired) electrons. The van der Waals surface area contributed by atoms with Crippen LogP contribution in [0.3, 0.4) is 0 Å². The SMILES string of the molecule is C=CCOC(=O)Oc1ccc(-c2ccc(C(=O)O)cc2)cc1. The zero-order valence-electron chi connectivity index (χ0n) is 11.7. The molecule has 0 spiro atoms. The van der Waals surface area contributed by atoms with E-state index in [1.165, 1.54) is 18.2 Å². The van der Waals surface area contributed by atoms with E-state index in [2.05, 4.69) is 6.58 Å². The summed E-state index contributed by atoms with van der Waals surface area (Å²) >= 11 is 0. The summed E-state index contributed by atoms with van der Waals surface area (Å²) in [7, 11) is 0.